The van der Waals surface area contributed by atoms with Crippen molar-refractivity contribution in [1.29, 1.82) is 5.26 Å². The van der Waals surface area contributed by atoms with Crippen LogP contribution < -0.4 is 0 Å². The van der Waals surface area contributed by atoms with Gasteiger partial charge < -0.3 is 0 Å². The molecule has 64 valence electrons. The third-order valence-corrected chi connectivity index (χ3v) is 1.95. The summed E-state index contributed by atoms with van der Waals surface area (Å²) in [7, 11) is 0. The molecule has 0 aliphatic carbocycles. The lowest BCUT2D eigenvalue weighted by molar-refractivity contribution is 0.330. The number of nitrogens with zero attached hydrogens (tertiary/aromatic N) is 3. The van der Waals surface area contributed by atoms with Crippen molar-refractivity contribution >= 4 is 10.9 Å². The molecule has 0 atom stereocenters. The average molecular weight is 175 g/mol. The van der Waals surface area contributed by atoms with Gasteiger partial charge in [-0.2, -0.15) is 5.26 Å². The van der Waals surface area contributed by atoms with Crippen LogP contribution in [0.2, 0.25) is 0 Å². The van der Waals surface area contributed by atoms with Crippen molar-refractivity contribution in [3.63, 3.8) is 0 Å². The molecule has 1 heterocycles. The van der Waals surface area contributed by atoms with Crippen LogP contribution >= 0.6 is 0 Å². The molecular weight excluding hydrogens is 169 g/mol. The Labute approximate surface area is 73.9 Å². The van der Waals surface area contributed by atoms with Gasteiger partial charge in [0.15, 0.2) is 0 Å². The topological polar surface area (TPSA) is 41.6 Å². The normalized spacial score (nSPS) is 10.2. The highest BCUT2D eigenvalue weighted by Gasteiger charge is 2.06. The zero-order valence-corrected chi connectivity index (χ0v) is 6.95. The van der Waals surface area contributed by atoms with Crippen LogP contribution in [-0.4, -0.2) is 10.0 Å². The molecule has 0 saturated carbocycles. The van der Waals surface area contributed by atoms with Crippen LogP contribution in [0.1, 0.15) is 11.3 Å². The molecule has 2 aromatic rings. The molecule has 0 aliphatic heterocycles. The minimum atomic E-state index is 0.325. The maximum absolute atomic E-state index is 13.0. The second kappa shape index (κ2) is 2.56. The van der Waals surface area contributed by atoms with Gasteiger partial charge in [-0.3, -0.25) is 0 Å². The summed E-state index contributed by atoms with van der Waals surface area (Å²) in [4.78, 5) is 0.325. The zero-order chi connectivity index (χ0) is 9.42. The Morgan fingerprint density at radius 2 is 2.31 bits per heavy atom. The lowest BCUT2D eigenvalue weighted by Gasteiger charge is -1.90. The van der Waals surface area contributed by atoms with Crippen LogP contribution in [0, 0.1) is 18.3 Å². The number of hydrogen-bond donors (Lipinski definition) is 0. The molecule has 0 bridgehead atoms. The highest BCUT2D eigenvalue weighted by atomic mass is 19.2. The highest BCUT2D eigenvalue weighted by molar-refractivity contribution is 5.82. The van der Waals surface area contributed by atoms with Gasteiger partial charge in [-0.15, -0.1) is 5.10 Å². The molecule has 2 rings (SSSR count). The van der Waals surface area contributed by atoms with E-state index in [4.69, 9.17) is 5.26 Å². The molecule has 0 unspecified atom stereocenters. The number of nitriles is 1. The monoisotopic (exact) mass is 175 g/mol. The van der Waals surface area contributed by atoms with Gasteiger partial charge in [0.05, 0.1) is 17.3 Å². The maximum atomic E-state index is 13.0. The molecule has 0 N–H and O–H groups in total. The Bertz CT molecular complexity index is 507. The fraction of sp³-hybridized carbons (Fsp3) is 0.111. The first-order chi connectivity index (χ1) is 6.22. The van der Waals surface area contributed by atoms with Crippen molar-refractivity contribution in [2.45, 2.75) is 6.92 Å². The van der Waals surface area contributed by atoms with Crippen molar-refractivity contribution in [1.82, 2.24) is 10.0 Å². The fourth-order valence-corrected chi connectivity index (χ4v) is 1.30. The van der Waals surface area contributed by atoms with Gasteiger partial charge in [-0.05, 0) is 25.1 Å². The number of aromatic nitrogens is 2. The molecule has 0 fully saturated rings. The number of rotatable bonds is 0. The largest absolute Gasteiger partial charge is 0.192 e. The molecule has 4 heteroatoms. The third-order valence-electron chi connectivity index (χ3n) is 1.95. The van der Waals surface area contributed by atoms with Crippen LogP contribution in [0.15, 0.2) is 18.2 Å². The van der Waals surface area contributed by atoms with Crippen molar-refractivity contribution in [2.24, 2.45) is 0 Å². The van der Waals surface area contributed by atoms with Crippen LogP contribution in [-0.2, 0) is 0 Å². The average Bonchev–Trinajstić information content (AvgIpc) is 2.42. The molecule has 0 spiro atoms. The summed E-state index contributed by atoms with van der Waals surface area (Å²) in [6.07, 6.45) is 0. The van der Waals surface area contributed by atoms with Crippen LogP contribution in [0.3, 0.4) is 0 Å². The molecule has 0 amide bonds. The number of fused-ring (bicyclic) bond motifs is 1. The second-order valence-corrected chi connectivity index (χ2v) is 2.79. The van der Waals surface area contributed by atoms with Gasteiger partial charge in [-0.25, -0.2) is 0 Å². The van der Waals surface area contributed by atoms with Crippen molar-refractivity contribution in [3.05, 3.63) is 29.5 Å². The fourth-order valence-electron chi connectivity index (χ4n) is 1.30. The van der Waals surface area contributed by atoms with Gasteiger partial charge in [-0.1, -0.05) is 9.39 Å². The first-order valence-electron chi connectivity index (χ1n) is 3.78. The summed E-state index contributed by atoms with van der Waals surface area (Å²) in [6, 6.07) is 6.75. The van der Waals surface area contributed by atoms with E-state index in [-0.39, 0.29) is 0 Å². The highest BCUT2D eigenvalue weighted by Crippen LogP contribution is 2.19. The first kappa shape index (κ1) is 7.74. The van der Waals surface area contributed by atoms with Gasteiger partial charge in [0, 0.05) is 5.39 Å². The smallest absolute Gasteiger partial charge is 0.105 e. The Balaban J connectivity index is 2.86. The van der Waals surface area contributed by atoms with Crippen LogP contribution in [0.4, 0.5) is 4.48 Å². The quantitative estimate of drug-likeness (QED) is 0.614. The standard InChI is InChI=1S/C9H6FN3/c1-6-8-4-7(5-11)2-3-9(8)13(10)12-6/h2-4H,1H3. The molecule has 0 saturated heterocycles. The second-order valence-electron chi connectivity index (χ2n) is 2.79. The Hall–Kier alpha value is -1.89. The zero-order valence-electron chi connectivity index (χ0n) is 6.95. The summed E-state index contributed by atoms with van der Waals surface area (Å²) in [5, 5.41) is 12.9. The predicted octanol–water partition coefficient (Wildman–Crippen LogP) is 1.95. The maximum Gasteiger partial charge on any atom is 0.105 e. The van der Waals surface area contributed by atoms with E-state index in [2.05, 4.69) is 5.10 Å². The number of aryl methyl sites for hydroxylation is 1. The summed E-state index contributed by atoms with van der Waals surface area (Å²) < 4.78 is 13.0. The van der Waals surface area contributed by atoms with Crippen LogP contribution in [0.25, 0.3) is 10.9 Å². The van der Waals surface area contributed by atoms with Gasteiger partial charge in [0.2, 0.25) is 0 Å². The lowest BCUT2D eigenvalue weighted by atomic mass is 10.1. The molecule has 3 nitrogen and oxygen atoms in total. The summed E-state index contributed by atoms with van der Waals surface area (Å²) in [6.45, 7) is 1.71. The first-order valence-corrected chi connectivity index (χ1v) is 3.78. The lowest BCUT2D eigenvalue weighted by Crippen LogP contribution is -1.82. The summed E-state index contributed by atoms with van der Waals surface area (Å²) in [5.74, 6) is 0. The predicted molar refractivity (Wildman–Crippen MR) is 45.7 cm³/mol. The third kappa shape index (κ3) is 1.05. The van der Waals surface area contributed by atoms with E-state index >= 15 is 0 Å². The van der Waals surface area contributed by atoms with E-state index in [9.17, 15) is 4.48 Å². The van der Waals surface area contributed by atoms with Crippen molar-refractivity contribution in [2.75, 3.05) is 0 Å². The van der Waals surface area contributed by atoms with Crippen molar-refractivity contribution in [3.8, 4) is 6.07 Å². The van der Waals surface area contributed by atoms with E-state index in [1.165, 1.54) is 0 Å². The van der Waals surface area contributed by atoms with E-state index in [1.807, 2.05) is 6.07 Å². The Morgan fingerprint density at radius 1 is 1.54 bits per heavy atom. The molecule has 1 aromatic heterocycles. The molecule has 0 radical (unpaired) electrons. The van der Waals surface area contributed by atoms with Crippen molar-refractivity contribution < 1.29 is 4.48 Å². The molecule has 1 aromatic carbocycles. The van der Waals surface area contributed by atoms with Gasteiger partial charge >= 0.3 is 0 Å². The van der Waals surface area contributed by atoms with E-state index < -0.39 is 0 Å². The van der Waals surface area contributed by atoms with Crippen LogP contribution in [0.5, 0.6) is 0 Å². The van der Waals surface area contributed by atoms with E-state index in [0.717, 1.165) is 0 Å². The van der Waals surface area contributed by atoms with Gasteiger partial charge in [0.1, 0.15) is 5.52 Å². The Kier molecular flexibility index (Phi) is 1.52. The minimum Gasteiger partial charge on any atom is -0.192 e. The molecule has 13 heavy (non-hydrogen) atoms. The van der Waals surface area contributed by atoms with Gasteiger partial charge in [0.25, 0.3) is 0 Å². The number of hydrogen-bond acceptors (Lipinski definition) is 2. The molecular formula is C9H6FN3. The Morgan fingerprint density at radius 3 is 3.00 bits per heavy atom. The molecule has 0 aliphatic rings. The minimum absolute atomic E-state index is 0.325. The summed E-state index contributed by atoms with van der Waals surface area (Å²) in [5.41, 5.74) is 1.51. The van der Waals surface area contributed by atoms with E-state index in [1.54, 1.807) is 25.1 Å². The summed E-state index contributed by atoms with van der Waals surface area (Å²) >= 11 is 0. The number of halogens is 1. The van der Waals surface area contributed by atoms with E-state index in [0.29, 0.717) is 27.1 Å². The SMILES string of the molecule is Cc1nn(F)c2ccc(C#N)cc12. The number of benzene rings is 1.